The van der Waals surface area contributed by atoms with Crippen molar-refractivity contribution in [1.82, 2.24) is 5.32 Å². The molecule has 10 heavy (non-hydrogen) atoms. The molecule has 0 spiro atoms. The maximum absolute atomic E-state index is 10.9. The van der Waals surface area contributed by atoms with Gasteiger partial charge in [-0.25, -0.2) is 0 Å². The third-order valence-electron chi connectivity index (χ3n) is 1.08. The first-order valence-electron chi connectivity index (χ1n) is 3.67. The monoisotopic (exact) mass is 142 g/mol. The predicted octanol–water partition coefficient (Wildman–Crippen LogP) is 1.58. The van der Waals surface area contributed by atoms with E-state index in [1.807, 2.05) is 34.2 Å². The average Bonchev–Trinajstić information content (AvgIpc) is 1.82. The van der Waals surface area contributed by atoms with Gasteiger partial charge in [0.1, 0.15) is 0 Å². The van der Waals surface area contributed by atoms with Crippen LogP contribution in [0.2, 0.25) is 0 Å². The van der Waals surface area contributed by atoms with Crippen LogP contribution in [0.15, 0.2) is 0 Å². The molecule has 0 atom stereocenters. The molecule has 2 heteroatoms. The Morgan fingerprint density at radius 1 is 1.30 bits per heavy atom. The van der Waals surface area contributed by atoms with Gasteiger partial charge in [-0.15, -0.1) is 0 Å². The third-order valence-corrected chi connectivity index (χ3v) is 1.08. The number of rotatable bonds is 3. The highest BCUT2D eigenvalue weighted by atomic mass is 16.1. The molecule has 0 aliphatic rings. The molecular weight excluding hydrogens is 126 g/mol. The summed E-state index contributed by atoms with van der Waals surface area (Å²) in [4.78, 5) is 10.9. The van der Waals surface area contributed by atoms with Gasteiger partial charge in [-0.1, -0.05) is 27.7 Å². The summed E-state index contributed by atoms with van der Waals surface area (Å²) < 4.78 is 0. The Morgan fingerprint density at radius 2 is 1.80 bits per heavy atom. The van der Waals surface area contributed by atoms with Crippen LogP contribution in [-0.4, -0.2) is 5.91 Å². The summed E-state index contributed by atoms with van der Waals surface area (Å²) in [5, 5.41) is 2.72. The Bertz CT molecular complexity index is 108. The first kappa shape index (κ1) is 9.47. The summed E-state index contributed by atoms with van der Waals surface area (Å²) in [6, 6.07) is 0. The van der Waals surface area contributed by atoms with E-state index < -0.39 is 0 Å². The molecule has 1 N–H and O–H groups in total. The van der Waals surface area contributed by atoms with Gasteiger partial charge in [-0.2, -0.15) is 0 Å². The molecule has 1 amide bonds. The number of amides is 1. The second kappa shape index (κ2) is 4.31. The van der Waals surface area contributed by atoms with E-state index >= 15 is 0 Å². The van der Waals surface area contributed by atoms with Crippen molar-refractivity contribution in [1.29, 1.82) is 0 Å². The summed E-state index contributed by atoms with van der Waals surface area (Å²) in [6.45, 7) is 9.62. The highest BCUT2D eigenvalue weighted by Crippen LogP contribution is 1.96. The highest BCUT2D eigenvalue weighted by Gasteiger charge is 2.05. The lowest BCUT2D eigenvalue weighted by atomic mass is 10.2. The molecule has 0 aliphatic carbocycles. The molecule has 0 aromatic carbocycles. The van der Waals surface area contributed by atoms with E-state index in [0.29, 0.717) is 5.92 Å². The number of carbonyl (C=O) groups is 1. The Kier molecular flexibility index (Phi) is 4.08. The van der Waals surface area contributed by atoms with Gasteiger partial charge in [0.05, 0.1) is 6.54 Å². The summed E-state index contributed by atoms with van der Waals surface area (Å²) in [6.07, 6.45) is 0. The van der Waals surface area contributed by atoms with E-state index in [9.17, 15) is 4.79 Å². The molecule has 59 valence electrons. The molecule has 0 saturated heterocycles. The fraction of sp³-hybridized carbons (Fsp3) is 0.750. The van der Waals surface area contributed by atoms with Gasteiger partial charge < -0.3 is 5.32 Å². The van der Waals surface area contributed by atoms with Crippen LogP contribution in [0.3, 0.4) is 0 Å². The van der Waals surface area contributed by atoms with Gasteiger partial charge in [-0.3, -0.25) is 4.79 Å². The lowest BCUT2D eigenvalue weighted by Crippen LogP contribution is -2.26. The van der Waals surface area contributed by atoms with E-state index in [2.05, 4.69) is 5.32 Å². The van der Waals surface area contributed by atoms with Gasteiger partial charge >= 0.3 is 0 Å². The molecule has 0 bridgehead atoms. The molecule has 0 aromatic heterocycles. The van der Waals surface area contributed by atoms with Crippen molar-refractivity contribution >= 4 is 5.91 Å². The lowest BCUT2D eigenvalue weighted by molar-refractivity contribution is -0.123. The summed E-state index contributed by atoms with van der Waals surface area (Å²) >= 11 is 0. The zero-order valence-corrected chi connectivity index (χ0v) is 7.14. The Morgan fingerprint density at radius 3 is 2.10 bits per heavy atom. The smallest absolute Gasteiger partial charge is 0.222 e. The predicted molar refractivity (Wildman–Crippen MR) is 42.1 cm³/mol. The SMILES string of the molecule is CC(C)[CH]NC(=O)C(C)C. The van der Waals surface area contributed by atoms with E-state index in [4.69, 9.17) is 0 Å². The average molecular weight is 142 g/mol. The zero-order chi connectivity index (χ0) is 8.15. The summed E-state index contributed by atoms with van der Waals surface area (Å²) in [5.74, 6) is 0.589. The fourth-order valence-corrected chi connectivity index (χ4v) is 0.415. The zero-order valence-electron chi connectivity index (χ0n) is 7.14. The number of hydrogen-bond acceptors (Lipinski definition) is 1. The largest absolute Gasteiger partial charge is 0.351 e. The molecule has 0 rings (SSSR count). The van der Waals surface area contributed by atoms with E-state index in [1.54, 1.807) is 0 Å². The minimum atomic E-state index is 0.0787. The van der Waals surface area contributed by atoms with Crippen LogP contribution in [-0.2, 0) is 4.79 Å². The van der Waals surface area contributed by atoms with Gasteiger partial charge in [0.15, 0.2) is 0 Å². The van der Waals surface area contributed by atoms with Crippen molar-refractivity contribution < 1.29 is 4.79 Å². The maximum Gasteiger partial charge on any atom is 0.222 e. The molecule has 0 saturated carbocycles. The van der Waals surface area contributed by atoms with E-state index in [1.165, 1.54) is 0 Å². The minimum absolute atomic E-state index is 0.0787. The van der Waals surface area contributed by atoms with Crippen LogP contribution in [0.5, 0.6) is 0 Å². The third kappa shape index (κ3) is 4.36. The molecule has 0 aliphatic heterocycles. The number of nitrogens with one attached hydrogen (secondary N) is 1. The second-order valence-corrected chi connectivity index (χ2v) is 3.07. The van der Waals surface area contributed by atoms with Gasteiger partial charge in [-0.05, 0) is 5.92 Å². The Hall–Kier alpha value is -0.530. The molecule has 0 unspecified atom stereocenters. The van der Waals surface area contributed by atoms with Gasteiger partial charge in [0.2, 0.25) is 5.91 Å². The van der Waals surface area contributed by atoms with E-state index in [0.717, 1.165) is 0 Å². The van der Waals surface area contributed by atoms with Crippen molar-refractivity contribution in [2.45, 2.75) is 27.7 Å². The van der Waals surface area contributed by atoms with Crippen molar-refractivity contribution in [3.05, 3.63) is 6.54 Å². The number of hydrogen-bond donors (Lipinski definition) is 1. The highest BCUT2D eigenvalue weighted by molar-refractivity contribution is 5.78. The first-order valence-corrected chi connectivity index (χ1v) is 3.67. The van der Waals surface area contributed by atoms with Crippen LogP contribution in [0.25, 0.3) is 0 Å². The van der Waals surface area contributed by atoms with Crippen LogP contribution < -0.4 is 5.32 Å². The normalized spacial score (nSPS) is 10.6. The molecule has 0 heterocycles. The van der Waals surface area contributed by atoms with Crippen LogP contribution >= 0.6 is 0 Å². The summed E-state index contributed by atoms with van der Waals surface area (Å²) in [5.41, 5.74) is 0. The molecule has 2 nitrogen and oxygen atoms in total. The van der Waals surface area contributed by atoms with Crippen molar-refractivity contribution in [2.75, 3.05) is 0 Å². The van der Waals surface area contributed by atoms with Gasteiger partial charge in [0, 0.05) is 5.92 Å². The Balaban J connectivity index is 3.40. The quantitative estimate of drug-likeness (QED) is 0.636. The molecule has 0 aromatic rings. The topological polar surface area (TPSA) is 29.1 Å². The fourth-order valence-electron chi connectivity index (χ4n) is 0.415. The van der Waals surface area contributed by atoms with E-state index in [-0.39, 0.29) is 11.8 Å². The summed E-state index contributed by atoms with van der Waals surface area (Å²) in [7, 11) is 0. The molecule has 0 fully saturated rings. The second-order valence-electron chi connectivity index (χ2n) is 3.07. The molecular formula is C8H16NO. The standard InChI is InChI=1S/C8H16NO/c1-6(2)5-9-8(10)7(3)4/h5-7H,1-4H3,(H,9,10). The van der Waals surface area contributed by atoms with Crippen LogP contribution in [0.1, 0.15) is 27.7 Å². The van der Waals surface area contributed by atoms with Crippen LogP contribution in [0, 0.1) is 18.4 Å². The van der Waals surface area contributed by atoms with Crippen molar-refractivity contribution in [2.24, 2.45) is 11.8 Å². The first-order chi connectivity index (χ1) is 4.54. The maximum atomic E-state index is 10.9. The van der Waals surface area contributed by atoms with Crippen LogP contribution in [0.4, 0.5) is 0 Å². The number of carbonyl (C=O) groups excluding carboxylic acids is 1. The van der Waals surface area contributed by atoms with Crippen molar-refractivity contribution in [3.63, 3.8) is 0 Å². The van der Waals surface area contributed by atoms with Gasteiger partial charge in [0.25, 0.3) is 0 Å². The molecule has 1 radical (unpaired) electrons. The van der Waals surface area contributed by atoms with Crippen molar-refractivity contribution in [3.8, 4) is 0 Å². The minimum Gasteiger partial charge on any atom is -0.351 e. The lowest BCUT2D eigenvalue weighted by Gasteiger charge is -2.08. The Labute approximate surface area is 63.0 Å².